The third-order valence-corrected chi connectivity index (χ3v) is 3.48. The van der Waals surface area contributed by atoms with Gasteiger partial charge in [0.25, 0.3) is 0 Å². The van der Waals surface area contributed by atoms with Gasteiger partial charge in [-0.1, -0.05) is 57.5 Å². The van der Waals surface area contributed by atoms with Crippen LogP contribution in [-0.4, -0.2) is 12.5 Å². The molecule has 1 unspecified atom stereocenters. The van der Waals surface area contributed by atoms with E-state index in [0.717, 1.165) is 18.4 Å². The monoisotopic (exact) mass is 312 g/mol. The lowest BCUT2D eigenvalue weighted by Gasteiger charge is -2.24. The van der Waals surface area contributed by atoms with Gasteiger partial charge in [0.1, 0.15) is 5.54 Å². The molecule has 0 radical (unpaired) electrons. The van der Waals surface area contributed by atoms with Crippen molar-refractivity contribution >= 4 is 18.3 Å². The van der Waals surface area contributed by atoms with Crippen molar-refractivity contribution in [1.82, 2.24) is 5.32 Å². The number of halogens is 1. The van der Waals surface area contributed by atoms with Crippen LogP contribution in [0.4, 0.5) is 0 Å². The van der Waals surface area contributed by atoms with Crippen LogP contribution in [0.25, 0.3) is 0 Å². The van der Waals surface area contributed by atoms with Gasteiger partial charge in [-0.05, 0) is 30.7 Å². The van der Waals surface area contributed by atoms with Crippen molar-refractivity contribution in [1.29, 1.82) is 0 Å². The summed E-state index contributed by atoms with van der Waals surface area (Å²) in [5, 5.41) is 2.94. The van der Waals surface area contributed by atoms with Gasteiger partial charge in [-0.25, -0.2) is 0 Å². The fraction of sp³-hybridized carbons (Fsp3) is 0.588. The number of amides is 1. The van der Waals surface area contributed by atoms with Crippen molar-refractivity contribution in [3.05, 3.63) is 35.9 Å². The molecule has 0 spiro atoms. The zero-order valence-electron chi connectivity index (χ0n) is 13.6. The smallest absolute Gasteiger partial charge is 0.244 e. The Morgan fingerprint density at radius 1 is 1.10 bits per heavy atom. The normalized spacial score (nSPS) is 14.0. The zero-order valence-corrected chi connectivity index (χ0v) is 14.4. The first-order valence-corrected chi connectivity index (χ1v) is 7.36. The predicted molar refractivity (Wildman–Crippen MR) is 91.5 cm³/mol. The van der Waals surface area contributed by atoms with Gasteiger partial charge in [-0.3, -0.25) is 4.79 Å². The Labute approximate surface area is 135 Å². The van der Waals surface area contributed by atoms with E-state index >= 15 is 0 Å². The molecule has 0 bridgehead atoms. The van der Waals surface area contributed by atoms with E-state index in [4.69, 9.17) is 5.73 Å². The summed E-state index contributed by atoms with van der Waals surface area (Å²) in [6, 6.07) is 9.50. The number of benzene rings is 1. The van der Waals surface area contributed by atoms with Gasteiger partial charge in [-0.15, -0.1) is 12.4 Å². The van der Waals surface area contributed by atoms with Crippen LogP contribution in [-0.2, 0) is 10.3 Å². The van der Waals surface area contributed by atoms with Gasteiger partial charge in [0, 0.05) is 6.54 Å². The van der Waals surface area contributed by atoms with E-state index in [0.29, 0.717) is 12.0 Å². The second-order valence-electron chi connectivity index (χ2n) is 6.84. The molecule has 0 fully saturated rings. The molecule has 4 heteroatoms. The molecule has 0 saturated carbocycles. The number of nitrogens with two attached hydrogens (primary N) is 1. The quantitative estimate of drug-likeness (QED) is 0.788. The standard InChI is InChI=1S/C17H28N2O.ClH/c1-16(2,3)12-8-9-13-19-15(20)17(4,18)14-10-6-5-7-11-14;/h5-7,10-11H,8-9,12-13,18H2,1-4H3,(H,19,20);1H. The number of rotatable bonds is 6. The Bertz CT molecular complexity index is 424. The predicted octanol–water partition coefficient (Wildman–Crippen LogP) is 3.61. The minimum absolute atomic E-state index is 0. The summed E-state index contributed by atoms with van der Waals surface area (Å²) in [7, 11) is 0. The van der Waals surface area contributed by atoms with Crippen LogP contribution in [0, 0.1) is 5.41 Å². The molecule has 0 aliphatic carbocycles. The number of carbonyl (C=O) groups is 1. The first kappa shape index (κ1) is 19.9. The topological polar surface area (TPSA) is 55.1 Å². The van der Waals surface area contributed by atoms with E-state index in [1.54, 1.807) is 6.92 Å². The first-order chi connectivity index (χ1) is 9.23. The minimum atomic E-state index is -0.967. The average molecular weight is 313 g/mol. The van der Waals surface area contributed by atoms with Crippen molar-refractivity contribution in [2.45, 2.75) is 52.5 Å². The van der Waals surface area contributed by atoms with Crippen LogP contribution >= 0.6 is 12.4 Å². The van der Waals surface area contributed by atoms with E-state index in [9.17, 15) is 4.79 Å². The summed E-state index contributed by atoms with van der Waals surface area (Å²) in [5.41, 5.74) is 6.38. The van der Waals surface area contributed by atoms with E-state index < -0.39 is 5.54 Å². The van der Waals surface area contributed by atoms with Crippen molar-refractivity contribution in [2.24, 2.45) is 11.1 Å². The lowest BCUT2D eigenvalue weighted by atomic mass is 9.90. The highest BCUT2D eigenvalue weighted by Gasteiger charge is 2.29. The van der Waals surface area contributed by atoms with Crippen LogP contribution in [0.2, 0.25) is 0 Å². The van der Waals surface area contributed by atoms with E-state index in [2.05, 4.69) is 26.1 Å². The second-order valence-corrected chi connectivity index (χ2v) is 6.84. The maximum Gasteiger partial charge on any atom is 0.244 e. The van der Waals surface area contributed by atoms with Crippen molar-refractivity contribution in [3.8, 4) is 0 Å². The highest BCUT2D eigenvalue weighted by molar-refractivity contribution is 5.86. The van der Waals surface area contributed by atoms with Crippen LogP contribution in [0.5, 0.6) is 0 Å². The fourth-order valence-corrected chi connectivity index (χ4v) is 2.08. The van der Waals surface area contributed by atoms with Gasteiger partial charge >= 0.3 is 0 Å². The van der Waals surface area contributed by atoms with Gasteiger partial charge < -0.3 is 11.1 Å². The molecule has 1 rings (SSSR count). The molecule has 0 aromatic heterocycles. The molecule has 0 heterocycles. The lowest BCUT2D eigenvalue weighted by molar-refractivity contribution is -0.126. The number of hydrogen-bond acceptors (Lipinski definition) is 2. The van der Waals surface area contributed by atoms with Crippen molar-refractivity contribution in [2.75, 3.05) is 6.54 Å². The summed E-state index contributed by atoms with van der Waals surface area (Å²) in [5.74, 6) is -0.112. The van der Waals surface area contributed by atoms with Crippen LogP contribution in [0.15, 0.2) is 30.3 Å². The number of carbonyl (C=O) groups excluding carboxylic acids is 1. The summed E-state index contributed by atoms with van der Waals surface area (Å²) in [6.45, 7) is 9.15. The molecule has 1 atom stereocenters. The number of hydrogen-bond donors (Lipinski definition) is 2. The van der Waals surface area contributed by atoms with Gasteiger partial charge in [0.05, 0.1) is 0 Å². The van der Waals surface area contributed by atoms with Gasteiger partial charge in [-0.2, -0.15) is 0 Å². The van der Waals surface area contributed by atoms with E-state index in [1.807, 2.05) is 30.3 Å². The molecule has 1 aromatic carbocycles. The van der Waals surface area contributed by atoms with Crippen LogP contribution in [0.3, 0.4) is 0 Å². The third-order valence-electron chi connectivity index (χ3n) is 3.48. The molecule has 3 nitrogen and oxygen atoms in total. The SMILES string of the molecule is CC(C)(C)CCCCNC(=O)C(C)(N)c1ccccc1.Cl. The van der Waals surface area contributed by atoms with E-state index in [-0.39, 0.29) is 18.3 Å². The Morgan fingerprint density at radius 3 is 2.19 bits per heavy atom. The van der Waals surface area contributed by atoms with Gasteiger partial charge in [0.15, 0.2) is 0 Å². The summed E-state index contributed by atoms with van der Waals surface area (Å²) in [6.07, 6.45) is 3.28. The first-order valence-electron chi connectivity index (χ1n) is 7.36. The molecular formula is C17H29ClN2O. The molecule has 21 heavy (non-hydrogen) atoms. The summed E-state index contributed by atoms with van der Waals surface area (Å²) < 4.78 is 0. The molecule has 0 aliphatic heterocycles. The maximum absolute atomic E-state index is 12.2. The Balaban J connectivity index is 0.00000400. The average Bonchev–Trinajstić information content (AvgIpc) is 2.37. The Morgan fingerprint density at radius 2 is 1.67 bits per heavy atom. The fourth-order valence-electron chi connectivity index (χ4n) is 2.08. The van der Waals surface area contributed by atoms with Gasteiger partial charge in [0.2, 0.25) is 5.91 Å². The Hall–Kier alpha value is -1.06. The molecular weight excluding hydrogens is 284 g/mol. The highest BCUT2D eigenvalue weighted by Crippen LogP contribution is 2.21. The zero-order chi connectivity index (χ0) is 15.2. The molecule has 120 valence electrons. The number of nitrogens with one attached hydrogen (secondary N) is 1. The van der Waals surface area contributed by atoms with Crippen LogP contribution in [0.1, 0.15) is 52.5 Å². The summed E-state index contributed by atoms with van der Waals surface area (Å²) >= 11 is 0. The Kier molecular flexibility index (Phi) is 7.98. The minimum Gasteiger partial charge on any atom is -0.354 e. The van der Waals surface area contributed by atoms with Crippen LogP contribution < -0.4 is 11.1 Å². The molecule has 3 N–H and O–H groups in total. The molecule has 0 saturated heterocycles. The molecule has 0 aliphatic rings. The summed E-state index contributed by atoms with van der Waals surface area (Å²) in [4.78, 5) is 12.2. The lowest BCUT2D eigenvalue weighted by Crippen LogP contribution is -2.49. The third kappa shape index (κ3) is 6.96. The molecule has 1 amide bonds. The van der Waals surface area contributed by atoms with Crippen molar-refractivity contribution in [3.63, 3.8) is 0 Å². The van der Waals surface area contributed by atoms with E-state index in [1.165, 1.54) is 6.42 Å². The number of unbranched alkanes of at least 4 members (excludes halogenated alkanes) is 1. The second kappa shape index (κ2) is 8.40. The largest absolute Gasteiger partial charge is 0.354 e. The van der Waals surface area contributed by atoms with Crippen molar-refractivity contribution < 1.29 is 4.79 Å². The maximum atomic E-state index is 12.2. The molecule has 1 aromatic rings. The highest BCUT2D eigenvalue weighted by atomic mass is 35.5.